The molecule has 2 aliphatic rings. The van der Waals surface area contributed by atoms with Gasteiger partial charge in [0.15, 0.2) is 5.79 Å². The van der Waals surface area contributed by atoms with E-state index in [9.17, 15) is 0 Å². The summed E-state index contributed by atoms with van der Waals surface area (Å²) in [4.78, 5) is 0. The van der Waals surface area contributed by atoms with Crippen molar-refractivity contribution < 1.29 is 18.9 Å². The Morgan fingerprint density at radius 2 is 1.57 bits per heavy atom. The van der Waals surface area contributed by atoms with Gasteiger partial charge in [0.25, 0.3) is 0 Å². The zero-order valence-electron chi connectivity index (χ0n) is 17.4. The van der Waals surface area contributed by atoms with Crippen LogP contribution in [0.3, 0.4) is 0 Å². The van der Waals surface area contributed by atoms with Gasteiger partial charge in [0.2, 0.25) is 0 Å². The normalized spacial score (nSPS) is 19.9. The highest BCUT2D eigenvalue weighted by Crippen LogP contribution is 2.47. The number of fused-ring (bicyclic) bond motifs is 1. The fraction of sp³-hybridized carbons (Fsp3) is 0.385. The zero-order valence-corrected chi connectivity index (χ0v) is 17.4. The Bertz CT molecular complexity index is 1010. The summed E-state index contributed by atoms with van der Waals surface area (Å²) in [7, 11) is 1.80. The summed E-state index contributed by atoms with van der Waals surface area (Å²) >= 11 is 0. The molecule has 1 saturated carbocycles. The van der Waals surface area contributed by atoms with E-state index in [4.69, 9.17) is 18.9 Å². The van der Waals surface area contributed by atoms with Crippen LogP contribution in [-0.4, -0.2) is 26.1 Å². The summed E-state index contributed by atoms with van der Waals surface area (Å²) in [5.74, 6) is 0.470. The van der Waals surface area contributed by atoms with Crippen molar-refractivity contribution in [3.8, 4) is 5.75 Å². The van der Waals surface area contributed by atoms with Crippen molar-refractivity contribution in [2.75, 3.05) is 20.3 Å². The Morgan fingerprint density at radius 3 is 2.33 bits per heavy atom. The minimum atomic E-state index is -0.397. The van der Waals surface area contributed by atoms with Crippen LogP contribution in [0.25, 0.3) is 10.8 Å². The highest BCUT2D eigenvalue weighted by molar-refractivity contribution is 5.82. The number of benzene rings is 3. The quantitative estimate of drug-likeness (QED) is 0.556. The lowest BCUT2D eigenvalue weighted by atomic mass is 9.77. The highest BCUT2D eigenvalue weighted by atomic mass is 16.7. The molecule has 1 aliphatic carbocycles. The maximum absolute atomic E-state index is 6.15. The average Bonchev–Trinajstić information content (AvgIpc) is 3.27. The molecular formula is C26H28O4. The van der Waals surface area contributed by atoms with Crippen molar-refractivity contribution in [2.45, 2.75) is 43.7 Å². The van der Waals surface area contributed by atoms with Gasteiger partial charge in [-0.25, -0.2) is 0 Å². The molecule has 0 bridgehead atoms. The lowest BCUT2D eigenvalue weighted by molar-refractivity contribution is -0.208. The molecule has 0 N–H and O–H groups in total. The van der Waals surface area contributed by atoms with Gasteiger partial charge < -0.3 is 18.9 Å². The average molecular weight is 405 g/mol. The maximum Gasteiger partial charge on any atom is 0.168 e. The molecule has 4 heteroatoms. The summed E-state index contributed by atoms with van der Waals surface area (Å²) < 4.78 is 24.0. The van der Waals surface area contributed by atoms with E-state index in [0.29, 0.717) is 19.8 Å². The monoisotopic (exact) mass is 404 g/mol. The van der Waals surface area contributed by atoms with Crippen LogP contribution in [0, 0.1) is 0 Å². The van der Waals surface area contributed by atoms with E-state index in [0.717, 1.165) is 42.6 Å². The maximum atomic E-state index is 6.15. The first-order chi connectivity index (χ1) is 14.7. The predicted molar refractivity (Wildman–Crippen MR) is 117 cm³/mol. The lowest BCUT2D eigenvalue weighted by Gasteiger charge is -2.43. The first-order valence-electron chi connectivity index (χ1n) is 10.7. The van der Waals surface area contributed by atoms with Crippen LogP contribution in [0.1, 0.15) is 36.8 Å². The summed E-state index contributed by atoms with van der Waals surface area (Å²) in [6.45, 7) is 1.93. The SMILES string of the molecule is COC1(c2cccc(OCc3ccc4ccccc4c3)c2)CCC2(CC1)OCCO2. The van der Waals surface area contributed by atoms with Gasteiger partial charge in [0.1, 0.15) is 12.4 Å². The molecule has 1 aliphatic heterocycles. The van der Waals surface area contributed by atoms with E-state index in [2.05, 4.69) is 60.7 Å². The van der Waals surface area contributed by atoms with Crippen molar-refractivity contribution in [3.63, 3.8) is 0 Å². The van der Waals surface area contributed by atoms with Crippen LogP contribution in [0.15, 0.2) is 66.7 Å². The second-order valence-corrected chi connectivity index (χ2v) is 8.30. The van der Waals surface area contributed by atoms with E-state index in [-0.39, 0.29) is 5.60 Å². The van der Waals surface area contributed by atoms with Gasteiger partial charge in [-0.2, -0.15) is 0 Å². The van der Waals surface area contributed by atoms with Gasteiger partial charge in [0.05, 0.1) is 18.8 Å². The van der Waals surface area contributed by atoms with Crippen molar-refractivity contribution in [1.82, 2.24) is 0 Å². The summed E-state index contributed by atoms with van der Waals surface area (Å²) in [5, 5.41) is 2.48. The van der Waals surface area contributed by atoms with E-state index in [1.54, 1.807) is 7.11 Å². The Morgan fingerprint density at radius 1 is 0.800 bits per heavy atom. The summed E-state index contributed by atoms with van der Waals surface area (Å²) in [6.07, 6.45) is 3.45. The highest BCUT2D eigenvalue weighted by Gasteiger charge is 2.47. The third-order valence-electron chi connectivity index (χ3n) is 6.60. The molecule has 1 saturated heterocycles. The molecule has 0 amide bonds. The molecule has 3 aromatic carbocycles. The molecule has 2 fully saturated rings. The number of rotatable bonds is 5. The van der Waals surface area contributed by atoms with Gasteiger partial charge in [-0.1, -0.05) is 48.5 Å². The minimum absolute atomic E-state index is 0.317. The van der Waals surface area contributed by atoms with Crippen LogP contribution in [0.4, 0.5) is 0 Å². The fourth-order valence-corrected chi connectivity index (χ4v) is 4.80. The summed E-state index contributed by atoms with van der Waals surface area (Å²) in [6, 6.07) is 23.2. The van der Waals surface area contributed by atoms with Gasteiger partial charge in [-0.05, 0) is 52.9 Å². The van der Waals surface area contributed by atoms with E-state index in [1.807, 2.05) is 6.07 Å². The third-order valence-corrected chi connectivity index (χ3v) is 6.60. The molecule has 0 radical (unpaired) electrons. The van der Waals surface area contributed by atoms with Crippen LogP contribution in [0.2, 0.25) is 0 Å². The van der Waals surface area contributed by atoms with Crippen molar-refractivity contribution in [3.05, 3.63) is 77.9 Å². The fourth-order valence-electron chi connectivity index (χ4n) is 4.80. The van der Waals surface area contributed by atoms with Crippen molar-refractivity contribution in [2.24, 2.45) is 0 Å². The number of methoxy groups -OCH3 is 1. The predicted octanol–water partition coefficient (Wildman–Crippen LogP) is 5.58. The Kier molecular flexibility index (Phi) is 5.23. The van der Waals surface area contributed by atoms with Crippen molar-refractivity contribution >= 4 is 10.8 Å². The second-order valence-electron chi connectivity index (χ2n) is 8.30. The summed E-state index contributed by atoms with van der Waals surface area (Å²) in [5.41, 5.74) is 2.01. The zero-order chi connectivity index (χ0) is 20.4. The molecule has 1 spiro atoms. The van der Waals surface area contributed by atoms with Gasteiger partial charge >= 0.3 is 0 Å². The Labute approximate surface area is 177 Å². The van der Waals surface area contributed by atoms with Crippen LogP contribution < -0.4 is 4.74 Å². The minimum Gasteiger partial charge on any atom is -0.489 e. The standard InChI is InChI=1S/C26H28O4/c1-27-25(11-13-26(14-12-25)29-15-16-30-26)23-7-4-8-24(18-23)28-19-20-9-10-21-5-2-3-6-22(21)17-20/h2-10,17-18H,11-16,19H2,1H3. The van der Waals surface area contributed by atoms with Crippen LogP contribution in [0.5, 0.6) is 5.75 Å². The molecule has 30 heavy (non-hydrogen) atoms. The number of hydrogen-bond acceptors (Lipinski definition) is 4. The molecule has 5 rings (SSSR count). The molecule has 0 atom stereocenters. The Balaban J connectivity index is 1.30. The van der Waals surface area contributed by atoms with Crippen LogP contribution in [-0.2, 0) is 26.4 Å². The largest absolute Gasteiger partial charge is 0.489 e. The first kappa shape index (κ1) is 19.6. The molecular weight excluding hydrogens is 376 g/mol. The van der Waals surface area contributed by atoms with Crippen LogP contribution >= 0.6 is 0 Å². The van der Waals surface area contributed by atoms with Crippen molar-refractivity contribution in [1.29, 1.82) is 0 Å². The molecule has 0 unspecified atom stereocenters. The second kappa shape index (κ2) is 8.03. The smallest absolute Gasteiger partial charge is 0.168 e. The molecule has 3 aromatic rings. The number of hydrogen-bond donors (Lipinski definition) is 0. The Hall–Kier alpha value is -2.40. The van der Waals surface area contributed by atoms with Gasteiger partial charge in [-0.3, -0.25) is 0 Å². The van der Waals surface area contributed by atoms with Gasteiger partial charge in [0, 0.05) is 20.0 Å². The molecule has 156 valence electrons. The molecule has 1 heterocycles. The van der Waals surface area contributed by atoms with Gasteiger partial charge in [-0.15, -0.1) is 0 Å². The first-order valence-corrected chi connectivity index (χ1v) is 10.7. The van der Waals surface area contributed by atoms with E-state index >= 15 is 0 Å². The van der Waals surface area contributed by atoms with E-state index in [1.165, 1.54) is 10.8 Å². The number of ether oxygens (including phenoxy) is 4. The lowest BCUT2D eigenvalue weighted by Crippen LogP contribution is -2.43. The third kappa shape index (κ3) is 3.71. The molecule has 4 nitrogen and oxygen atoms in total. The topological polar surface area (TPSA) is 36.9 Å². The van der Waals surface area contributed by atoms with E-state index < -0.39 is 5.79 Å². The molecule has 0 aromatic heterocycles.